The van der Waals surface area contributed by atoms with E-state index < -0.39 is 12.1 Å². The van der Waals surface area contributed by atoms with Gasteiger partial charge in [-0.25, -0.2) is 0 Å². The van der Waals surface area contributed by atoms with Gasteiger partial charge in [-0.05, 0) is 0 Å². The Morgan fingerprint density at radius 3 is 1.25 bits per heavy atom. The summed E-state index contributed by atoms with van der Waals surface area (Å²) in [4.78, 5) is 0. The van der Waals surface area contributed by atoms with Crippen LogP contribution in [0, 0.1) is 5.92 Å². The zero-order valence-electron chi connectivity index (χ0n) is 4.21. The van der Waals surface area contributed by atoms with Gasteiger partial charge in [-0.15, -0.1) is 0 Å². The predicted octanol–water partition coefficient (Wildman–Crippen LogP) is 2.84. The van der Waals surface area contributed by atoms with Crippen molar-refractivity contribution in [3.05, 3.63) is 0 Å². The summed E-state index contributed by atoms with van der Waals surface area (Å²) in [6.07, 6.45) is -4.00. The van der Waals surface area contributed by atoms with E-state index in [1.165, 1.54) is 0 Å². The molecule has 52 valence electrons. The summed E-state index contributed by atoms with van der Waals surface area (Å²) in [6.45, 7) is 2.25. The van der Waals surface area contributed by atoms with E-state index in [0.29, 0.717) is 0 Å². The summed E-state index contributed by atoms with van der Waals surface area (Å²) < 4.78 is 33.5. The lowest BCUT2D eigenvalue weighted by atomic mass is 10.2. The van der Waals surface area contributed by atoms with Crippen molar-refractivity contribution >= 4 is 0 Å². The first-order valence-electron chi connectivity index (χ1n) is 2.01. The fourth-order valence-corrected chi connectivity index (χ4v) is 0. The minimum atomic E-state index is -4.00. The molecule has 0 N–H and O–H groups in total. The minimum absolute atomic E-state index is 0. The van der Waals surface area contributed by atoms with E-state index in [0.717, 1.165) is 13.8 Å². The normalized spacial score (nSPS) is 11.2. The van der Waals surface area contributed by atoms with E-state index in [-0.39, 0.29) is 7.43 Å². The largest absolute Gasteiger partial charge is 0.391 e. The maximum absolute atomic E-state index is 11.2. The van der Waals surface area contributed by atoms with Crippen LogP contribution in [-0.4, -0.2) is 6.18 Å². The second-order valence-electron chi connectivity index (χ2n) is 1.70. The molecule has 0 heterocycles. The van der Waals surface area contributed by atoms with Gasteiger partial charge in [0.05, 0.1) is 0 Å². The van der Waals surface area contributed by atoms with Crippen molar-refractivity contribution in [1.82, 2.24) is 0 Å². The Labute approximate surface area is 47.7 Å². The Morgan fingerprint density at radius 2 is 1.25 bits per heavy atom. The van der Waals surface area contributed by atoms with Gasteiger partial charge in [0.15, 0.2) is 0 Å². The summed E-state index contributed by atoms with van der Waals surface area (Å²) in [5.74, 6) is -1.20. The van der Waals surface area contributed by atoms with E-state index in [2.05, 4.69) is 0 Å². The molecule has 0 aliphatic carbocycles. The van der Waals surface area contributed by atoms with Gasteiger partial charge in [0.1, 0.15) is 0 Å². The van der Waals surface area contributed by atoms with Gasteiger partial charge in [-0.2, -0.15) is 13.2 Å². The molecule has 0 aromatic rings. The van der Waals surface area contributed by atoms with Crippen LogP contribution in [-0.2, 0) is 0 Å². The van der Waals surface area contributed by atoms with Crippen molar-refractivity contribution in [1.29, 1.82) is 0 Å². The molecule has 0 unspecified atom stereocenters. The molecular weight excluding hydrogens is 117 g/mol. The molecule has 0 spiro atoms. The SMILES string of the molecule is C.CC(C)C(F)(F)F. The highest BCUT2D eigenvalue weighted by atomic mass is 19.4. The summed E-state index contributed by atoms with van der Waals surface area (Å²) in [7, 11) is 0. The molecule has 0 atom stereocenters. The van der Waals surface area contributed by atoms with Crippen LogP contribution in [0.4, 0.5) is 13.2 Å². The second-order valence-corrected chi connectivity index (χ2v) is 1.70. The number of hydrogen-bond donors (Lipinski definition) is 0. The number of rotatable bonds is 0. The Kier molecular flexibility index (Phi) is 3.95. The Morgan fingerprint density at radius 1 is 1.12 bits per heavy atom. The topological polar surface area (TPSA) is 0 Å². The zero-order valence-corrected chi connectivity index (χ0v) is 4.21. The summed E-state index contributed by atoms with van der Waals surface area (Å²) in [6, 6.07) is 0. The molecule has 0 radical (unpaired) electrons. The smallest absolute Gasteiger partial charge is 0.171 e. The van der Waals surface area contributed by atoms with Crippen molar-refractivity contribution in [2.45, 2.75) is 27.5 Å². The highest BCUT2D eigenvalue weighted by molar-refractivity contribution is 4.52. The monoisotopic (exact) mass is 128 g/mol. The number of hydrogen-bond acceptors (Lipinski definition) is 0. The molecular formula is C5H11F3. The Bertz CT molecular complexity index is 53.2. The summed E-state index contributed by atoms with van der Waals surface area (Å²) >= 11 is 0. The van der Waals surface area contributed by atoms with E-state index in [9.17, 15) is 13.2 Å². The zero-order chi connectivity index (χ0) is 6.08. The average molecular weight is 128 g/mol. The lowest BCUT2D eigenvalue weighted by Crippen LogP contribution is -2.15. The third kappa shape index (κ3) is 3.96. The molecule has 0 saturated carbocycles. The van der Waals surface area contributed by atoms with Crippen molar-refractivity contribution in [2.24, 2.45) is 5.92 Å². The maximum atomic E-state index is 11.2. The van der Waals surface area contributed by atoms with E-state index in [4.69, 9.17) is 0 Å². The third-order valence-corrected chi connectivity index (χ3v) is 0.655. The van der Waals surface area contributed by atoms with Gasteiger partial charge in [-0.1, -0.05) is 21.3 Å². The molecule has 0 aliphatic rings. The van der Waals surface area contributed by atoms with Crippen molar-refractivity contribution in [3.8, 4) is 0 Å². The molecule has 0 aromatic heterocycles. The predicted molar refractivity (Wildman–Crippen MR) is 27.6 cm³/mol. The molecule has 0 rings (SSSR count). The van der Waals surface area contributed by atoms with Gasteiger partial charge in [0.2, 0.25) is 0 Å². The molecule has 0 bridgehead atoms. The van der Waals surface area contributed by atoms with Crippen molar-refractivity contribution in [2.75, 3.05) is 0 Å². The minimum Gasteiger partial charge on any atom is -0.171 e. The first-order chi connectivity index (χ1) is 2.94. The van der Waals surface area contributed by atoms with Gasteiger partial charge >= 0.3 is 6.18 Å². The second kappa shape index (κ2) is 2.95. The quantitative estimate of drug-likeness (QED) is 0.470. The molecule has 3 heteroatoms. The van der Waals surface area contributed by atoms with E-state index in [1.54, 1.807) is 0 Å². The van der Waals surface area contributed by atoms with E-state index in [1.807, 2.05) is 0 Å². The summed E-state index contributed by atoms with van der Waals surface area (Å²) in [5.41, 5.74) is 0. The van der Waals surface area contributed by atoms with Crippen molar-refractivity contribution in [3.63, 3.8) is 0 Å². The highest BCUT2D eigenvalue weighted by Crippen LogP contribution is 2.24. The number of halogens is 3. The molecule has 8 heavy (non-hydrogen) atoms. The standard InChI is InChI=1S/C4H7F3.CH4/c1-3(2)4(5,6)7;/h3H,1-2H3;1H4. The van der Waals surface area contributed by atoms with Crippen LogP contribution in [0.25, 0.3) is 0 Å². The Hall–Kier alpha value is -0.210. The van der Waals surface area contributed by atoms with Gasteiger partial charge < -0.3 is 0 Å². The average Bonchev–Trinajstić information content (AvgIpc) is 1.31. The van der Waals surface area contributed by atoms with Gasteiger partial charge in [0.25, 0.3) is 0 Å². The molecule has 0 amide bonds. The maximum Gasteiger partial charge on any atom is 0.391 e. The van der Waals surface area contributed by atoms with E-state index >= 15 is 0 Å². The molecule has 0 fully saturated rings. The lowest BCUT2D eigenvalue weighted by molar-refractivity contribution is -0.164. The molecule has 0 nitrogen and oxygen atoms in total. The van der Waals surface area contributed by atoms with Gasteiger partial charge in [0, 0.05) is 5.92 Å². The van der Waals surface area contributed by atoms with Crippen LogP contribution in [0.2, 0.25) is 0 Å². The van der Waals surface area contributed by atoms with Crippen LogP contribution in [0.1, 0.15) is 21.3 Å². The molecule has 0 saturated heterocycles. The van der Waals surface area contributed by atoms with Gasteiger partial charge in [-0.3, -0.25) is 0 Å². The van der Waals surface area contributed by atoms with Crippen molar-refractivity contribution < 1.29 is 13.2 Å². The third-order valence-electron chi connectivity index (χ3n) is 0.655. The van der Waals surface area contributed by atoms with Crippen LogP contribution >= 0.6 is 0 Å². The first kappa shape index (κ1) is 10.7. The highest BCUT2D eigenvalue weighted by Gasteiger charge is 2.31. The van der Waals surface area contributed by atoms with Crippen LogP contribution < -0.4 is 0 Å². The fraction of sp³-hybridized carbons (Fsp3) is 1.00. The first-order valence-corrected chi connectivity index (χ1v) is 2.01. The van der Waals surface area contributed by atoms with Crippen LogP contribution in [0.15, 0.2) is 0 Å². The Balaban J connectivity index is 0. The summed E-state index contributed by atoms with van der Waals surface area (Å²) in [5, 5.41) is 0. The number of alkyl halides is 3. The van der Waals surface area contributed by atoms with Crippen LogP contribution in [0.3, 0.4) is 0 Å². The lowest BCUT2D eigenvalue weighted by Gasteiger charge is -2.07. The van der Waals surface area contributed by atoms with Crippen LogP contribution in [0.5, 0.6) is 0 Å². The molecule has 0 aromatic carbocycles. The fourth-order valence-electron chi connectivity index (χ4n) is 0. The molecule has 0 aliphatic heterocycles.